The first-order chi connectivity index (χ1) is 46.2. The number of carbonyl (C=O) groups excluding carboxylic acids is 13. The lowest BCUT2D eigenvalue weighted by molar-refractivity contribution is -0.144. The molecule has 0 saturated carbocycles. The Labute approximate surface area is 575 Å². The van der Waals surface area contributed by atoms with E-state index in [1.165, 1.54) is 76.7 Å². The molecule has 498 valence electrons. The van der Waals surface area contributed by atoms with Gasteiger partial charge in [-0.15, -0.1) is 0 Å². The Morgan fingerprint density at radius 2 is 0.674 bits per heavy atom. The molecule has 14 rings (SSSR count). The highest BCUT2D eigenvalue weighted by Crippen LogP contribution is 2.48. The third-order valence-corrected chi connectivity index (χ3v) is 19.2. The van der Waals surface area contributed by atoms with Gasteiger partial charge in [0.1, 0.15) is 60.9 Å². The molecule has 0 aromatic heterocycles. The van der Waals surface area contributed by atoms with Crippen LogP contribution in [0.3, 0.4) is 0 Å². The van der Waals surface area contributed by atoms with Crippen LogP contribution in [0.4, 0.5) is 0 Å². The lowest BCUT2D eigenvalue weighted by atomic mass is 9.85. The molecule has 0 spiro atoms. The quantitative estimate of drug-likeness (QED) is 0.0491. The Balaban J connectivity index is 0.000000153. The molecule has 3 aromatic rings. The molecule has 3 aromatic carbocycles. The van der Waals surface area contributed by atoms with Gasteiger partial charge in [-0.3, -0.25) is 86.8 Å². The lowest BCUT2D eigenvalue weighted by Gasteiger charge is -2.19. The summed E-state index contributed by atoms with van der Waals surface area (Å²) in [5, 5.41) is 18.7. The zero-order chi connectivity index (χ0) is 69.0. The monoisotopic (exact) mass is 1560 g/mol. The van der Waals surface area contributed by atoms with Crippen LogP contribution in [0.1, 0.15) is 39.8 Å². The van der Waals surface area contributed by atoms with Crippen LogP contribution < -0.4 is 18.9 Å². The molecule has 95 heavy (non-hydrogen) atoms. The van der Waals surface area contributed by atoms with Crippen molar-refractivity contribution in [2.24, 2.45) is 35.5 Å². The fraction of sp³-hybridized carbons (Fsp3) is 0.359. The SMILES string of the molecule is O=C1[C@@H]2[C@H](C(=O)N1CCBr)[C@H]1C=C[C@@H]2O1.O=Cc1cc(O)c(Br)cc1O.O=Cc1cc(OCCN2C(=O)C=CC2=O)c(Br)cc1OCCN1C(=O)C=CC1=O.O=Cc1cc(OCCN2C(=O)[C@@H]3[C@H](C2=O)[C@H]2C=C[C@@H]3O2)c(Br)cc1OCCN1C(=O)[C@@H]2[C@H](C1=O)[C@H]1C=C[C@@H]2O1.[2H]C. The summed E-state index contributed by atoms with van der Waals surface area (Å²) in [6.45, 7) is 0.817. The number of ether oxygens (including phenoxy) is 7. The number of amides is 10. The number of carbonyl (C=O) groups is 13. The molecule has 0 radical (unpaired) electrons. The van der Waals surface area contributed by atoms with E-state index in [1.54, 1.807) is 6.07 Å². The fourth-order valence-corrected chi connectivity index (χ4v) is 14.1. The topological polar surface area (TPSA) is 343 Å². The minimum absolute atomic E-state index is 0.0100. The number of halogens is 4. The van der Waals surface area contributed by atoms with Gasteiger partial charge in [0.25, 0.3) is 23.6 Å². The zero-order valence-electron chi connectivity index (χ0n) is 50.8. The van der Waals surface area contributed by atoms with Crippen molar-refractivity contribution < 1.29 is 107 Å². The summed E-state index contributed by atoms with van der Waals surface area (Å²) in [5.41, 5.74) is 0.489. The largest absolute Gasteiger partial charge is 0.507 e. The molecule has 2 N–H and O–H groups in total. The highest BCUT2D eigenvalue weighted by Gasteiger charge is 2.63. The van der Waals surface area contributed by atoms with Crippen LogP contribution in [-0.2, 0) is 62.2 Å². The molecule has 0 aliphatic carbocycles. The predicted octanol–water partition coefficient (Wildman–Crippen LogP) is 4.39. The van der Waals surface area contributed by atoms with Gasteiger partial charge in [0.05, 0.1) is 128 Å². The number of aromatic hydroxyl groups is 2. The van der Waals surface area contributed by atoms with Gasteiger partial charge in [0.2, 0.25) is 35.4 Å². The number of benzene rings is 3. The van der Waals surface area contributed by atoms with E-state index in [4.69, 9.17) is 44.7 Å². The number of phenolic OH excluding ortho intramolecular Hbond substituents is 2. The van der Waals surface area contributed by atoms with Gasteiger partial charge in [-0.2, -0.15) is 0 Å². The first-order valence-electron chi connectivity index (χ1n) is 30.1. The van der Waals surface area contributed by atoms with E-state index >= 15 is 0 Å². The number of fused-ring (bicyclic) bond motifs is 15. The molecule has 6 saturated heterocycles. The third-order valence-electron chi connectivity index (χ3n) is 17.0. The maximum atomic E-state index is 12.8. The normalized spacial score (nSPS) is 26.9. The van der Waals surface area contributed by atoms with Gasteiger partial charge in [-0.25, -0.2) is 0 Å². The number of alkyl halides is 1. The smallest absolute Gasteiger partial charge is 0.253 e. The lowest BCUT2D eigenvalue weighted by Crippen LogP contribution is -2.37. The van der Waals surface area contributed by atoms with E-state index in [9.17, 15) is 62.3 Å². The second-order valence-electron chi connectivity index (χ2n) is 22.3. The highest BCUT2D eigenvalue weighted by atomic mass is 79.9. The van der Waals surface area contributed by atoms with Crippen LogP contribution in [0.25, 0.3) is 0 Å². The van der Waals surface area contributed by atoms with Crippen molar-refractivity contribution in [3.05, 3.63) is 127 Å². The van der Waals surface area contributed by atoms with Gasteiger partial charge < -0.3 is 43.4 Å². The molecule has 11 aliphatic rings. The molecule has 6 fully saturated rings. The number of rotatable bonds is 21. The number of hydrogen-bond acceptors (Lipinski definition) is 22. The molecular weight excluding hydrogens is 1510 g/mol. The average molecular weight is 1570 g/mol. The van der Waals surface area contributed by atoms with Gasteiger partial charge in [0, 0.05) is 37.5 Å². The Hall–Kier alpha value is -8.33. The van der Waals surface area contributed by atoms with Crippen molar-refractivity contribution in [1.82, 2.24) is 24.5 Å². The van der Waals surface area contributed by atoms with Gasteiger partial charge >= 0.3 is 0 Å². The Morgan fingerprint density at radius 1 is 0.389 bits per heavy atom. The molecule has 10 amide bonds. The number of hydrogen-bond donors (Lipinski definition) is 2. The number of nitrogens with zero attached hydrogens (tertiary/aromatic N) is 5. The van der Waals surface area contributed by atoms with Crippen LogP contribution in [0.15, 0.2) is 111 Å². The van der Waals surface area contributed by atoms with Crippen LogP contribution in [0.2, 0.25) is 0 Å². The first-order valence-corrected chi connectivity index (χ1v) is 32.6. The van der Waals surface area contributed by atoms with E-state index < -0.39 is 47.3 Å². The molecule has 0 unspecified atom stereocenters. The van der Waals surface area contributed by atoms with E-state index in [-0.39, 0.29) is 176 Å². The molecule has 11 heterocycles. The van der Waals surface area contributed by atoms with Gasteiger partial charge in [-0.1, -0.05) is 59.8 Å². The maximum absolute atomic E-state index is 12.8. The standard InChI is InChI=1S/C27H23BrN2O9.C19H15BrN2O7.C10H10BrNO3.C7H5BrO3.CH4/c28-13-10-18(36-7-5-29-24(32)20-14-1-2-15(38-14)21(20)25(29)33)12(11-31)9-19(13)37-8-6-30-26(34)22-16-3-4-17(39-16)23(22)27(30)35;20-13-10-14(28-7-5-21-16(24)1-2-17(21)25)12(11-23)9-15(13)29-8-6-22-18(26)3-4-19(22)27;11-3-4-12-9(13)7-5-1-2-6(15-5)8(7)10(12)14;8-5-2-6(10)4(3-9)1-7(5)11;/h1-4,9-11,14-17,20-23H,5-8H2;1-4,9-11H,5-8H2;1-2,5-8H,3-4H2;1-3,10-11H;1H4/t14-,15+,16-,17+,20-,21+,22-,23+;;5-,6+,7-,8+;;/i;;;;1D. The minimum atomic E-state index is -0.477. The van der Waals surface area contributed by atoms with Crippen LogP contribution in [0, 0.1) is 35.5 Å². The molecular formula is C64H57Br4N5O22. The van der Waals surface area contributed by atoms with E-state index in [0.29, 0.717) is 55.7 Å². The van der Waals surface area contributed by atoms with Crippen molar-refractivity contribution in [1.29, 1.82) is 0 Å². The third kappa shape index (κ3) is 13.6. The summed E-state index contributed by atoms with van der Waals surface area (Å²) in [7, 11) is 1.25. The van der Waals surface area contributed by atoms with E-state index in [0.717, 1.165) is 9.80 Å². The van der Waals surface area contributed by atoms with Crippen molar-refractivity contribution in [3.8, 4) is 34.5 Å². The molecule has 12 atom stereocenters. The predicted molar refractivity (Wildman–Crippen MR) is 341 cm³/mol. The van der Waals surface area contributed by atoms with Crippen molar-refractivity contribution in [3.63, 3.8) is 0 Å². The molecule has 31 heteroatoms. The molecule has 6 bridgehead atoms. The first kappa shape index (κ1) is 68.1. The summed E-state index contributed by atoms with van der Waals surface area (Å²) in [6.07, 6.45) is 15.8. The summed E-state index contributed by atoms with van der Waals surface area (Å²) in [4.78, 5) is 160. The molecule has 11 aliphatic heterocycles. The summed E-state index contributed by atoms with van der Waals surface area (Å²) in [5.74, 6) is -4.24. The van der Waals surface area contributed by atoms with Crippen LogP contribution >= 0.6 is 63.7 Å². The molecule has 27 nitrogen and oxygen atoms in total. The second-order valence-corrected chi connectivity index (χ2v) is 25.6. The maximum Gasteiger partial charge on any atom is 0.253 e. The Morgan fingerprint density at radius 3 is 0.968 bits per heavy atom. The Bertz CT molecular complexity index is 3770. The summed E-state index contributed by atoms with van der Waals surface area (Å²) < 4.78 is 46.6. The van der Waals surface area contributed by atoms with E-state index in [2.05, 4.69) is 63.7 Å². The fourth-order valence-electron chi connectivity index (χ4n) is 12.6. The van der Waals surface area contributed by atoms with Crippen molar-refractivity contribution in [2.75, 3.05) is 64.5 Å². The van der Waals surface area contributed by atoms with Gasteiger partial charge in [0.15, 0.2) is 18.9 Å². The van der Waals surface area contributed by atoms with Gasteiger partial charge in [-0.05, 0) is 84.2 Å². The number of aldehydes is 3. The highest BCUT2D eigenvalue weighted by molar-refractivity contribution is 9.11. The number of phenols is 2. The minimum Gasteiger partial charge on any atom is -0.507 e. The Kier molecular flexibility index (Phi) is 21.0. The van der Waals surface area contributed by atoms with E-state index in [1.807, 2.05) is 36.5 Å². The second kappa shape index (κ2) is 29.3. The van der Waals surface area contributed by atoms with Crippen molar-refractivity contribution >= 4 is 142 Å². The zero-order valence-corrected chi connectivity index (χ0v) is 56.1. The van der Waals surface area contributed by atoms with Crippen molar-refractivity contribution in [2.45, 2.75) is 44.0 Å². The van der Waals surface area contributed by atoms with Crippen LogP contribution in [-0.4, -0.2) is 214 Å². The number of likely N-dealkylation sites (tertiary alicyclic amines) is 3. The summed E-state index contributed by atoms with van der Waals surface area (Å²) >= 11 is 13.0. The van der Waals surface area contributed by atoms with Crippen LogP contribution in [0.5, 0.6) is 34.5 Å². The number of imide groups is 5. The summed E-state index contributed by atoms with van der Waals surface area (Å²) in [6, 6.07) is 8.48. The average Bonchev–Trinajstić information content (AvgIpc) is 1.59.